The first-order valence-electron chi connectivity index (χ1n) is 4.65. The van der Waals surface area contributed by atoms with Crippen LogP contribution in [0.1, 0.15) is 23.2 Å². The van der Waals surface area contributed by atoms with E-state index in [1.54, 1.807) is 0 Å². The molecule has 1 N–H and O–H groups in total. The molecule has 0 saturated carbocycles. The number of alkyl halides is 3. The molecule has 0 bridgehead atoms. The van der Waals surface area contributed by atoms with Gasteiger partial charge in [0.25, 0.3) is 6.43 Å². The number of ether oxygens (including phenoxy) is 1. The van der Waals surface area contributed by atoms with Crippen molar-refractivity contribution in [2.75, 3.05) is 7.11 Å². The van der Waals surface area contributed by atoms with Crippen molar-refractivity contribution in [3.05, 3.63) is 33.2 Å². The molecule has 0 aliphatic rings. The molecule has 0 radical (unpaired) electrons. The molecule has 17 heavy (non-hydrogen) atoms. The summed E-state index contributed by atoms with van der Waals surface area (Å²) in [4.78, 5) is 24.3. The Balaban J connectivity index is 3.28. The number of hydrogen-bond acceptors (Lipinski definition) is 3. The third-order valence-corrected chi connectivity index (χ3v) is 2.46. The van der Waals surface area contributed by atoms with Crippen molar-refractivity contribution in [2.45, 2.75) is 18.7 Å². The summed E-state index contributed by atoms with van der Waals surface area (Å²) in [6, 6.07) is 1.07. The van der Waals surface area contributed by atoms with Gasteiger partial charge in [-0.2, -0.15) is 0 Å². The molecule has 4 nitrogen and oxygen atoms in total. The lowest BCUT2D eigenvalue weighted by molar-refractivity contribution is -0.139. The summed E-state index contributed by atoms with van der Waals surface area (Å²) in [5, 5.41) is 0. The van der Waals surface area contributed by atoms with Crippen molar-refractivity contribution in [1.29, 1.82) is 0 Å². The second kappa shape index (κ2) is 5.77. The third-order valence-electron chi connectivity index (χ3n) is 2.19. The Kier molecular flexibility index (Phi) is 4.62. The molecule has 1 aromatic rings. The van der Waals surface area contributed by atoms with E-state index >= 15 is 0 Å². The van der Waals surface area contributed by atoms with Crippen LogP contribution in [-0.2, 0) is 21.8 Å². The van der Waals surface area contributed by atoms with Crippen molar-refractivity contribution in [1.82, 2.24) is 4.98 Å². The van der Waals surface area contributed by atoms with Crippen LogP contribution in [0, 0.1) is 0 Å². The second-order valence-electron chi connectivity index (χ2n) is 3.24. The zero-order chi connectivity index (χ0) is 13.0. The van der Waals surface area contributed by atoms with E-state index in [0.717, 1.165) is 6.07 Å². The number of esters is 1. The predicted molar refractivity (Wildman–Crippen MR) is 57.3 cm³/mol. The first-order chi connectivity index (χ1) is 7.99. The Hall–Kier alpha value is -1.43. The Morgan fingerprint density at radius 1 is 1.59 bits per heavy atom. The summed E-state index contributed by atoms with van der Waals surface area (Å²) in [6.45, 7) is 0. The lowest BCUT2D eigenvalue weighted by Gasteiger charge is -2.10. The fourth-order valence-corrected chi connectivity index (χ4v) is 1.71. The van der Waals surface area contributed by atoms with Crippen molar-refractivity contribution < 1.29 is 18.3 Å². The van der Waals surface area contributed by atoms with Crippen molar-refractivity contribution >= 4 is 17.6 Å². The molecule has 0 saturated heterocycles. The molecular weight excluding hydrogens is 256 g/mol. The van der Waals surface area contributed by atoms with Crippen molar-refractivity contribution in [3.63, 3.8) is 0 Å². The smallest absolute Gasteiger partial charge is 0.309 e. The average Bonchev–Trinajstić information content (AvgIpc) is 2.28. The van der Waals surface area contributed by atoms with Gasteiger partial charge in [-0.3, -0.25) is 9.59 Å². The zero-order valence-electron chi connectivity index (χ0n) is 8.93. The summed E-state index contributed by atoms with van der Waals surface area (Å²) in [5.41, 5.74) is -1.03. The molecule has 1 rings (SSSR count). The Bertz CT molecular complexity index is 473. The predicted octanol–water partition coefficient (Wildman–Crippen LogP) is 1.77. The number of rotatable bonds is 4. The minimum Gasteiger partial charge on any atom is -0.469 e. The molecule has 0 aliphatic carbocycles. The lowest BCUT2D eigenvalue weighted by Crippen LogP contribution is -2.16. The maximum Gasteiger partial charge on any atom is 0.309 e. The number of H-pyrrole nitrogens is 1. The molecular formula is C10H10ClF2NO3. The number of carbonyl (C=O) groups excluding carboxylic acids is 1. The highest BCUT2D eigenvalue weighted by molar-refractivity contribution is 6.17. The van der Waals surface area contributed by atoms with E-state index in [9.17, 15) is 18.4 Å². The van der Waals surface area contributed by atoms with Crippen LogP contribution >= 0.6 is 11.6 Å². The fourth-order valence-electron chi connectivity index (χ4n) is 1.39. The van der Waals surface area contributed by atoms with Gasteiger partial charge in [0.1, 0.15) is 0 Å². The molecule has 0 amide bonds. The highest BCUT2D eigenvalue weighted by Crippen LogP contribution is 2.24. The molecule has 0 aromatic carbocycles. The van der Waals surface area contributed by atoms with Gasteiger partial charge in [0, 0.05) is 11.9 Å². The molecule has 1 aromatic heterocycles. The van der Waals surface area contributed by atoms with Crippen LogP contribution in [-0.4, -0.2) is 18.1 Å². The Labute approximate surface area is 101 Å². The van der Waals surface area contributed by atoms with Crippen molar-refractivity contribution in [3.8, 4) is 0 Å². The van der Waals surface area contributed by atoms with Gasteiger partial charge in [-0.1, -0.05) is 0 Å². The summed E-state index contributed by atoms with van der Waals surface area (Å²) < 4.78 is 29.7. The molecule has 7 heteroatoms. The Morgan fingerprint density at radius 2 is 2.24 bits per heavy atom. The van der Waals surface area contributed by atoms with Gasteiger partial charge in [0.05, 0.1) is 19.2 Å². The third kappa shape index (κ3) is 3.26. The largest absolute Gasteiger partial charge is 0.469 e. The van der Waals surface area contributed by atoms with Crippen LogP contribution < -0.4 is 5.56 Å². The van der Waals surface area contributed by atoms with Gasteiger partial charge >= 0.3 is 5.97 Å². The minimum atomic E-state index is -2.85. The van der Waals surface area contributed by atoms with Crippen molar-refractivity contribution in [2.24, 2.45) is 0 Å². The van der Waals surface area contributed by atoms with E-state index in [1.807, 2.05) is 4.98 Å². The van der Waals surface area contributed by atoms with Crippen LogP contribution in [0.2, 0.25) is 0 Å². The van der Waals surface area contributed by atoms with Gasteiger partial charge in [0.15, 0.2) is 0 Å². The number of aromatic nitrogens is 1. The van der Waals surface area contributed by atoms with Crippen LogP contribution in [0.3, 0.4) is 0 Å². The summed E-state index contributed by atoms with van der Waals surface area (Å²) in [5.74, 6) is -0.842. The number of aromatic amines is 1. The normalized spacial score (nSPS) is 10.6. The topological polar surface area (TPSA) is 59.2 Å². The molecule has 1 heterocycles. The highest BCUT2D eigenvalue weighted by atomic mass is 35.5. The monoisotopic (exact) mass is 265 g/mol. The number of pyridine rings is 1. The van der Waals surface area contributed by atoms with E-state index < -0.39 is 23.6 Å². The number of halogens is 3. The molecule has 94 valence electrons. The second-order valence-corrected chi connectivity index (χ2v) is 3.51. The van der Waals surface area contributed by atoms with Crippen LogP contribution in [0.4, 0.5) is 8.78 Å². The number of methoxy groups -OCH3 is 1. The molecule has 0 fully saturated rings. The maximum absolute atomic E-state index is 12.6. The first kappa shape index (κ1) is 13.6. The van der Waals surface area contributed by atoms with Crippen LogP contribution in [0.15, 0.2) is 10.9 Å². The zero-order valence-corrected chi connectivity index (χ0v) is 9.68. The van der Waals surface area contributed by atoms with E-state index in [4.69, 9.17) is 11.6 Å². The van der Waals surface area contributed by atoms with Gasteiger partial charge in [0.2, 0.25) is 5.56 Å². The number of carbonyl (C=O) groups is 1. The summed E-state index contributed by atoms with van der Waals surface area (Å²) >= 11 is 5.55. The average molecular weight is 266 g/mol. The van der Waals surface area contributed by atoms with E-state index in [2.05, 4.69) is 4.74 Å². The number of hydrogen-bond donors (Lipinski definition) is 1. The lowest BCUT2D eigenvalue weighted by atomic mass is 10.1. The van der Waals surface area contributed by atoms with E-state index in [1.165, 1.54) is 7.11 Å². The molecule has 0 spiro atoms. The standard InChI is InChI=1S/C10H10ClF2NO3/c1-17-8(16)3-5-2-7(15)14-9(10(12)13)6(5)4-11/h2,10H,3-4H2,1H3,(H,14,15). The van der Waals surface area contributed by atoms with E-state index in [-0.39, 0.29) is 23.4 Å². The highest BCUT2D eigenvalue weighted by Gasteiger charge is 2.19. The van der Waals surface area contributed by atoms with Crippen LogP contribution in [0.5, 0.6) is 0 Å². The maximum atomic E-state index is 12.6. The SMILES string of the molecule is COC(=O)Cc1cc(=O)[nH]c(C(F)F)c1CCl. The fraction of sp³-hybridized carbons (Fsp3) is 0.400. The van der Waals surface area contributed by atoms with Gasteiger partial charge < -0.3 is 9.72 Å². The summed E-state index contributed by atoms with van der Waals surface area (Å²) in [7, 11) is 1.17. The van der Waals surface area contributed by atoms with Gasteiger partial charge in [-0.25, -0.2) is 8.78 Å². The molecule has 0 unspecified atom stereocenters. The van der Waals surface area contributed by atoms with Crippen LogP contribution in [0.25, 0.3) is 0 Å². The van der Waals surface area contributed by atoms with Gasteiger partial charge in [-0.05, 0) is 11.1 Å². The first-order valence-corrected chi connectivity index (χ1v) is 5.19. The molecule has 0 atom stereocenters. The minimum absolute atomic E-state index is 0.0617. The quantitative estimate of drug-likeness (QED) is 0.667. The van der Waals surface area contributed by atoms with Gasteiger partial charge in [-0.15, -0.1) is 11.6 Å². The summed E-state index contributed by atoms with van der Waals surface area (Å²) in [6.07, 6.45) is -3.11. The van der Waals surface area contributed by atoms with E-state index in [0.29, 0.717) is 0 Å². The Morgan fingerprint density at radius 3 is 2.71 bits per heavy atom. The number of nitrogens with one attached hydrogen (secondary N) is 1. The molecule has 0 aliphatic heterocycles.